The highest BCUT2D eigenvalue weighted by molar-refractivity contribution is 6.04. The third-order valence-corrected chi connectivity index (χ3v) is 5.87. The highest BCUT2D eigenvalue weighted by Crippen LogP contribution is 2.47. The minimum atomic E-state index is -0.446. The van der Waals surface area contributed by atoms with Gasteiger partial charge in [-0.3, -0.25) is 4.79 Å². The highest BCUT2D eigenvalue weighted by Gasteiger charge is 2.43. The van der Waals surface area contributed by atoms with Gasteiger partial charge in [-0.2, -0.15) is 0 Å². The number of ether oxygens (including phenoxy) is 2. The summed E-state index contributed by atoms with van der Waals surface area (Å²) in [7, 11) is 1.62. The van der Waals surface area contributed by atoms with Gasteiger partial charge in [0, 0.05) is 29.3 Å². The van der Waals surface area contributed by atoms with Crippen molar-refractivity contribution in [2.75, 3.05) is 13.7 Å². The molecule has 1 N–H and O–H groups in total. The number of ketones is 1. The molecule has 1 unspecified atom stereocenters. The highest BCUT2D eigenvalue weighted by atomic mass is 16.5. The molecule has 1 atom stereocenters. The smallest absolute Gasteiger partial charge is 0.336 e. The molecule has 0 radical (unpaired) electrons. The van der Waals surface area contributed by atoms with E-state index in [1.165, 1.54) is 0 Å². The fourth-order valence-corrected chi connectivity index (χ4v) is 4.46. The molecule has 0 spiro atoms. The molecule has 1 aromatic carbocycles. The predicted molar refractivity (Wildman–Crippen MR) is 117 cm³/mol. The largest absolute Gasteiger partial charge is 0.497 e. The molecule has 0 bridgehead atoms. The Morgan fingerprint density at radius 3 is 2.70 bits per heavy atom. The van der Waals surface area contributed by atoms with Crippen molar-refractivity contribution in [3.05, 3.63) is 52.4 Å². The monoisotopic (exact) mass is 411 g/mol. The Morgan fingerprint density at radius 1 is 1.23 bits per heavy atom. The van der Waals surface area contributed by atoms with Crippen LogP contribution in [0, 0.1) is 5.41 Å². The molecule has 5 heteroatoms. The molecule has 0 amide bonds. The lowest BCUT2D eigenvalue weighted by Crippen LogP contribution is -2.38. The van der Waals surface area contributed by atoms with E-state index in [2.05, 4.69) is 26.1 Å². The van der Waals surface area contributed by atoms with Crippen LogP contribution in [-0.4, -0.2) is 25.5 Å². The number of allylic oxidation sites excluding steroid dienone is 3. The summed E-state index contributed by atoms with van der Waals surface area (Å²) in [6, 6.07) is 7.62. The molecular formula is C25H33NO4. The summed E-state index contributed by atoms with van der Waals surface area (Å²) in [6.45, 7) is 8.61. The van der Waals surface area contributed by atoms with Gasteiger partial charge in [-0.25, -0.2) is 4.79 Å². The number of benzene rings is 1. The molecule has 5 nitrogen and oxygen atoms in total. The summed E-state index contributed by atoms with van der Waals surface area (Å²) in [5, 5.41) is 3.37. The van der Waals surface area contributed by atoms with Gasteiger partial charge >= 0.3 is 5.97 Å². The number of methoxy groups -OCH3 is 1. The second-order valence-electron chi connectivity index (χ2n) is 9.05. The van der Waals surface area contributed by atoms with Crippen molar-refractivity contribution >= 4 is 11.8 Å². The lowest BCUT2D eigenvalue weighted by atomic mass is 9.68. The number of carbonyl (C=O) groups is 2. The summed E-state index contributed by atoms with van der Waals surface area (Å²) in [5.74, 6) is -0.0119. The second-order valence-corrected chi connectivity index (χ2v) is 9.05. The summed E-state index contributed by atoms with van der Waals surface area (Å²) < 4.78 is 11.0. The molecule has 1 aromatic rings. The molecule has 0 aromatic heterocycles. The van der Waals surface area contributed by atoms with Crippen LogP contribution in [0.5, 0.6) is 5.75 Å². The molecule has 0 fully saturated rings. The Labute approximate surface area is 179 Å². The molecule has 0 saturated carbocycles. The first-order valence-corrected chi connectivity index (χ1v) is 10.8. The zero-order valence-corrected chi connectivity index (χ0v) is 18.8. The minimum Gasteiger partial charge on any atom is -0.497 e. The molecule has 1 heterocycles. The lowest BCUT2D eigenvalue weighted by Gasteiger charge is -2.39. The molecule has 3 rings (SSSR count). The van der Waals surface area contributed by atoms with Crippen molar-refractivity contribution in [2.45, 2.75) is 65.7 Å². The predicted octanol–water partition coefficient (Wildman–Crippen LogP) is 5.03. The number of Topliss-reactive ketones (excluding diaryl/α,β-unsaturated/α-hetero) is 1. The van der Waals surface area contributed by atoms with Crippen LogP contribution in [0.1, 0.15) is 71.3 Å². The van der Waals surface area contributed by atoms with Gasteiger partial charge in [-0.1, -0.05) is 45.7 Å². The summed E-state index contributed by atoms with van der Waals surface area (Å²) >= 11 is 0. The zero-order chi connectivity index (χ0) is 21.9. The van der Waals surface area contributed by atoms with E-state index in [1.54, 1.807) is 7.11 Å². The van der Waals surface area contributed by atoms with Crippen LogP contribution >= 0.6 is 0 Å². The molecule has 1 aliphatic heterocycles. The number of rotatable bonds is 7. The van der Waals surface area contributed by atoms with Crippen LogP contribution in [0.2, 0.25) is 0 Å². The average Bonchev–Trinajstić information content (AvgIpc) is 2.69. The van der Waals surface area contributed by atoms with E-state index in [1.807, 2.05) is 31.2 Å². The van der Waals surface area contributed by atoms with Crippen molar-refractivity contribution in [3.63, 3.8) is 0 Å². The summed E-state index contributed by atoms with van der Waals surface area (Å²) in [4.78, 5) is 26.4. The molecule has 0 saturated heterocycles. The van der Waals surface area contributed by atoms with Crippen LogP contribution in [0.15, 0.2) is 46.8 Å². The van der Waals surface area contributed by atoms with E-state index in [4.69, 9.17) is 9.47 Å². The summed E-state index contributed by atoms with van der Waals surface area (Å²) in [6.07, 6.45) is 4.16. The number of dihydropyridines is 1. The Balaban J connectivity index is 2.04. The number of hydrogen-bond donors (Lipinski definition) is 1. The lowest BCUT2D eigenvalue weighted by molar-refractivity contribution is -0.139. The maximum Gasteiger partial charge on any atom is 0.336 e. The fourth-order valence-electron chi connectivity index (χ4n) is 4.46. The molecule has 2 aliphatic rings. The van der Waals surface area contributed by atoms with Crippen LogP contribution in [0.25, 0.3) is 0 Å². The van der Waals surface area contributed by atoms with Crippen LogP contribution in [0.3, 0.4) is 0 Å². The summed E-state index contributed by atoms with van der Waals surface area (Å²) in [5.41, 5.74) is 3.65. The second kappa shape index (κ2) is 9.07. The quantitative estimate of drug-likeness (QED) is 0.503. The van der Waals surface area contributed by atoms with Gasteiger partial charge in [0.15, 0.2) is 5.78 Å². The van der Waals surface area contributed by atoms with Gasteiger partial charge < -0.3 is 14.8 Å². The van der Waals surface area contributed by atoms with Crippen molar-refractivity contribution in [1.82, 2.24) is 5.32 Å². The van der Waals surface area contributed by atoms with Crippen LogP contribution < -0.4 is 10.1 Å². The van der Waals surface area contributed by atoms with E-state index in [9.17, 15) is 9.59 Å². The molecule has 162 valence electrons. The van der Waals surface area contributed by atoms with E-state index in [-0.39, 0.29) is 17.2 Å². The van der Waals surface area contributed by atoms with Gasteiger partial charge in [0.05, 0.1) is 19.3 Å². The van der Waals surface area contributed by atoms with Gasteiger partial charge in [0.1, 0.15) is 5.75 Å². The Hall–Kier alpha value is -2.56. The topological polar surface area (TPSA) is 64.6 Å². The first-order chi connectivity index (χ1) is 14.3. The number of unbranched alkanes of at least 4 members (excludes halogenated alkanes) is 2. The van der Waals surface area contributed by atoms with E-state index < -0.39 is 5.92 Å². The number of hydrogen-bond acceptors (Lipinski definition) is 5. The van der Waals surface area contributed by atoms with Crippen LogP contribution in [0.4, 0.5) is 0 Å². The van der Waals surface area contributed by atoms with E-state index in [0.29, 0.717) is 29.9 Å². The van der Waals surface area contributed by atoms with Gasteiger partial charge in [-0.15, -0.1) is 0 Å². The van der Waals surface area contributed by atoms with Crippen molar-refractivity contribution in [1.29, 1.82) is 0 Å². The average molecular weight is 412 g/mol. The first kappa shape index (κ1) is 22.1. The Morgan fingerprint density at radius 2 is 2.00 bits per heavy atom. The number of esters is 1. The van der Waals surface area contributed by atoms with Crippen molar-refractivity contribution in [3.8, 4) is 5.75 Å². The van der Waals surface area contributed by atoms with Gasteiger partial charge in [0.2, 0.25) is 0 Å². The minimum absolute atomic E-state index is 0.0883. The van der Waals surface area contributed by atoms with E-state index >= 15 is 0 Å². The Kier molecular flexibility index (Phi) is 6.69. The normalized spacial score (nSPS) is 20.6. The SMILES string of the molecule is CCCCCOC(=O)C1=C(C)NC2=C(C(=O)CC(C)(C)C2)C1c1cccc(OC)c1. The standard InChI is InChI=1S/C25H33NO4/c1-6-7-8-12-30-24(28)21-16(2)26-19-14-25(3,4)15-20(27)23(19)22(21)17-10-9-11-18(13-17)29-5/h9-11,13,22,26H,6-8,12,14-15H2,1-5H3. The van der Waals surface area contributed by atoms with Crippen LogP contribution in [-0.2, 0) is 14.3 Å². The maximum atomic E-state index is 13.3. The molecule has 30 heavy (non-hydrogen) atoms. The third-order valence-electron chi connectivity index (χ3n) is 5.87. The molecule has 1 aliphatic carbocycles. The van der Waals surface area contributed by atoms with Crippen molar-refractivity contribution in [2.24, 2.45) is 5.41 Å². The first-order valence-electron chi connectivity index (χ1n) is 10.8. The van der Waals surface area contributed by atoms with E-state index in [0.717, 1.165) is 42.6 Å². The van der Waals surface area contributed by atoms with Gasteiger partial charge in [0.25, 0.3) is 0 Å². The number of carbonyl (C=O) groups excluding carboxylic acids is 2. The Bertz CT molecular complexity index is 894. The number of nitrogens with one attached hydrogen (secondary N) is 1. The van der Waals surface area contributed by atoms with Gasteiger partial charge in [-0.05, 0) is 42.9 Å². The fraction of sp³-hybridized carbons (Fsp3) is 0.520. The maximum absolute atomic E-state index is 13.3. The third kappa shape index (κ3) is 4.61. The van der Waals surface area contributed by atoms with Crippen molar-refractivity contribution < 1.29 is 19.1 Å². The zero-order valence-electron chi connectivity index (χ0n) is 18.8. The molecular weight excluding hydrogens is 378 g/mol.